The molecule has 6 heteroatoms. The average molecular weight is 285 g/mol. The Kier molecular flexibility index (Phi) is 3.30. The maximum absolute atomic E-state index is 11.0. The van der Waals surface area contributed by atoms with Crippen LogP contribution in [0.5, 0.6) is 5.88 Å². The number of aromatic amines is 1. The maximum atomic E-state index is 11.0. The average Bonchev–Trinajstić information content (AvgIpc) is 2.77. The first-order valence-corrected chi connectivity index (χ1v) is 6.71. The molecule has 100 valence electrons. The normalized spacial score (nSPS) is 10.6. The van der Waals surface area contributed by atoms with E-state index in [1.807, 2.05) is 36.4 Å². The van der Waals surface area contributed by atoms with Gasteiger partial charge in [0, 0.05) is 22.7 Å². The van der Waals surface area contributed by atoms with Crippen LogP contribution in [0.3, 0.4) is 0 Å². The third kappa shape index (κ3) is 2.46. The van der Waals surface area contributed by atoms with Gasteiger partial charge in [0.15, 0.2) is 0 Å². The fourth-order valence-corrected chi connectivity index (χ4v) is 2.85. The van der Waals surface area contributed by atoms with Crippen molar-refractivity contribution in [2.75, 3.05) is 0 Å². The number of aromatic nitrogens is 2. The third-order valence-electron chi connectivity index (χ3n) is 2.69. The van der Waals surface area contributed by atoms with E-state index in [0.29, 0.717) is 5.88 Å². The molecule has 20 heavy (non-hydrogen) atoms. The van der Waals surface area contributed by atoms with Gasteiger partial charge in [0.25, 0.3) is 0 Å². The smallest absolute Gasteiger partial charge is 0.392 e. The molecule has 0 aliphatic heterocycles. The van der Waals surface area contributed by atoms with E-state index >= 15 is 0 Å². The van der Waals surface area contributed by atoms with Crippen molar-refractivity contribution in [3.05, 3.63) is 48.8 Å². The van der Waals surface area contributed by atoms with E-state index in [1.54, 1.807) is 12.4 Å². The van der Waals surface area contributed by atoms with Crippen LogP contribution in [-0.4, -0.2) is 16.1 Å². The molecule has 3 aromatic rings. The van der Waals surface area contributed by atoms with Gasteiger partial charge < -0.3 is 15.5 Å². The Hall–Kier alpha value is -2.47. The second kappa shape index (κ2) is 5.26. The Morgan fingerprint density at radius 2 is 2.05 bits per heavy atom. The predicted molar refractivity (Wildman–Crippen MR) is 76.9 cm³/mol. The van der Waals surface area contributed by atoms with Gasteiger partial charge in [0.2, 0.25) is 5.88 Å². The third-order valence-corrected chi connectivity index (χ3v) is 3.80. The minimum Gasteiger partial charge on any atom is -0.392 e. The number of amides is 1. The number of benzene rings is 1. The molecule has 1 amide bonds. The number of hydrogen-bond acceptors (Lipinski definition) is 4. The number of rotatable bonds is 3. The molecule has 0 radical (unpaired) electrons. The highest BCUT2D eigenvalue weighted by Gasteiger charge is 2.16. The summed E-state index contributed by atoms with van der Waals surface area (Å²) in [5.74, 6) is 0.342. The van der Waals surface area contributed by atoms with E-state index < -0.39 is 6.09 Å². The molecule has 0 fully saturated rings. The number of carbonyl (C=O) groups is 1. The van der Waals surface area contributed by atoms with E-state index in [4.69, 9.17) is 10.5 Å². The Labute approximate surface area is 119 Å². The minimum absolute atomic E-state index is 0.342. The largest absolute Gasteiger partial charge is 0.411 e. The van der Waals surface area contributed by atoms with Crippen LogP contribution in [0.15, 0.2) is 58.6 Å². The molecule has 0 saturated heterocycles. The maximum Gasteiger partial charge on any atom is 0.411 e. The summed E-state index contributed by atoms with van der Waals surface area (Å²) in [5.41, 5.74) is 5.94. The number of nitrogens with two attached hydrogens (primary N) is 1. The van der Waals surface area contributed by atoms with E-state index in [0.717, 1.165) is 20.7 Å². The predicted octanol–water partition coefficient (Wildman–Crippen LogP) is 3.17. The highest BCUT2D eigenvalue weighted by molar-refractivity contribution is 7.99. The molecular weight excluding hydrogens is 274 g/mol. The molecule has 1 aromatic carbocycles. The first-order chi connectivity index (χ1) is 9.74. The van der Waals surface area contributed by atoms with Gasteiger partial charge in [0.05, 0.1) is 10.4 Å². The second-order valence-electron chi connectivity index (χ2n) is 4.04. The van der Waals surface area contributed by atoms with Crippen LogP contribution in [-0.2, 0) is 0 Å². The van der Waals surface area contributed by atoms with Crippen molar-refractivity contribution in [1.29, 1.82) is 0 Å². The zero-order valence-corrected chi connectivity index (χ0v) is 11.2. The number of H-pyrrole nitrogens is 1. The molecular formula is C14H11N3O2S. The molecule has 0 aliphatic carbocycles. The van der Waals surface area contributed by atoms with Crippen LogP contribution in [0.2, 0.25) is 0 Å². The summed E-state index contributed by atoms with van der Waals surface area (Å²) < 4.78 is 5.04. The zero-order chi connectivity index (χ0) is 13.9. The fraction of sp³-hybridized carbons (Fsp3) is 0. The summed E-state index contributed by atoms with van der Waals surface area (Å²) in [6.07, 6.45) is 2.55. The van der Waals surface area contributed by atoms with Crippen LogP contribution >= 0.6 is 11.8 Å². The van der Waals surface area contributed by atoms with Crippen LogP contribution < -0.4 is 10.5 Å². The lowest BCUT2D eigenvalue weighted by Gasteiger charge is -2.03. The minimum atomic E-state index is -0.848. The van der Waals surface area contributed by atoms with E-state index in [1.165, 1.54) is 11.8 Å². The number of pyridine rings is 1. The highest BCUT2D eigenvalue weighted by atomic mass is 32.2. The SMILES string of the molecule is NC(=O)Oc1[nH]c2ccncc2c1Sc1ccccc1. The van der Waals surface area contributed by atoms with Gasteiger partial charge in [-0.2, -0.15) is 0 Å². The zero-order valence-electron chi connectivity index (χ0n) is 10.4. The summed E-state index contributed by atoms with van der Waals surface area (Å²) in [6, 6.07) is 11.6. The van der Waals surface area contributed by atoms with Crippen LogP contribution in [0.4, 0.5) is 4.79 Å². The van der Waals surface area contributed by atoms with Crippen molar-refractivity contribution < 1.29 is 9.53 Å². The molecule has 2 aromatic heterocycles. The number of fused-ring (bicyclic) bond motifs is 1. The Morgan fingerprint density at radius 1 is 1.25 bits per heavy atom. The van der Waals surface area contributed by atoms with Crippen LogP contribution in [0, 0.1) is 0 Å². The quantitative estimate of drug-likeness (QED) is 0.774. The van der Waals surface area contributed by atoms with Crippen molar-refractivity contribution in [2.24, 2.45) is 5.73 Å². The van der Waals surface area contributed by atoms with Crippen molar-refractivity contribution in [3.8, 4) is 5.88 Å². The van der Waals surface area contributed by atoms with Gasteiger partial charge in [-0.25, -0.2) is 4.79 Å². The lowest BCUT2D eigenvalue weighted by atomic mass is 10.3. The van der Waals surface area contributed by atoms with E-state index in [-0.39, 0.29) is 0 Å². The second-order valence-corrected chi connectivity index (χ2v) is 5.12. The number of nitrogens with one attached hydrogen (secondary N) is 1. The Balaban J connectivity index is 2.08. The first kappa shape index (κ1) is 12.6. The molecule has 3 rings (SSSR count). The van der Waals surface area contributed by atoms with Crippen molar-refractivity contribution in [3.63, 3.8) is 0 Å². The summed E-state index contributed by atoms with van der Waals surface area (Å²) in [6.45, 7) is 0. The molecule has 0 aliphatic rings. The summed E-state index contributed by atoms with van der Waals surface area (Å²) in [5, 5.41) is 0.887. The van der Waals surface area contributed by atoms with E-state index in [2.05, 4.69) is 9.97 Å². The molecule has 0 unspecified atom stereocenters. The number of ether oxygens (including phenoxy) is 1. The topological polar surface area (TPSA) is 81.0 Å². The van der Waals surface area contributed by atoms with Crippen LogP contribution in [0.25, 0.3) is 10.9 Å². The van der Waals surface area contributed by atoms with Gasteiger partial charge in [-0.15, -0.1) is 0 Å². The van der Waals surface area contributed by atoms with E-state index in [9.17, 15) is 4.79 Å². The Bertz CT molecular complexity index is 755. The molecule has 0 spiro atoms. The van der Waals surface area contributed by atoms with Crippen molar-refractivity contribution >= 4 is 28.8 Å². The monoisotopic (exact) mass is 285 g/mol. The Morgan fingerprint density at radius 3 is 2.80 bits per heavy atom. The standard InChI is InChI=1S/C14H11N3O2S/c15-14(18)19-13-12(20-9-4-2-1-3-5-9)10-8-16-7-6-11(10)17-13/h1-8,17H,(H2,15,18). The number of carbonyl (C=O) groups excluding carboxylic acids is 1. The molecule has 0 atom stereocenters. The molecule has 3 N–H and O–H groups in total. The summed E-state index contributed by atoms with van der Waals surface area (Å²) in [7, 11) is 0. The molecule has 0 saturated carbocycles. The van der Waals surface area contributed by atoms with Crippen molar-refractivity contribution in [2.45, 2.75) is 9.79 Å². The number of primary amides is 1. The lowest BCUT2D eigenvalue weighted by Crippen LogP contribution is -2.16. The highest BCUT2D eigenvalue weighted by Crippen LogP contribution is 2.40. The fourth-order valence-electron chi connectivity index (χ4n) is 1.87. The summed E-state index contributed by atoms with van der Waals surface area (Å²) >= 11 is 1.49. The first-order valence-electron chi connectivity index (χ1n) is 5.90. The molecule has 0 bridgehead atoms. The summed E-state index contributed by atoms with van der Waals surface area (Å²) in [4.78, 5) is 20.0. The molecule has 2 heterocycles. The van der Waals surface area contributed by atoms with Gasteiger partial charge >= 0.3 is 6.09 Å². The number of nitrogens with zero attached hydrogens (tertiary/aromatic N) is 1. The van der Waals surface area contributed by atoms with Gasteiger partial charge in [-0.1, -0.05) is 30.0 Å². The van der Waals surface area contributed by atoms with Crippen molar-refractivity contribution in [1.82, 2.24) is 9.97 Å². The van der Waals surface area contributed by atoms with Gasteiger partial charge in [-0.3, -0.25) is 4.98 Å². The lowest BCUT2D eigenvalue weighted by molar-refractivity contribution is 0.208. The van der Waals surface area contributed by atoms with Gasteiger partial charge in [0.1, 0.15) is 0 Å². The number of hydrogen-bond donors (Lipinski definition) is 2. The van der Waals surface area contributed by atoms with Crippen LogP contribution in [0.1, 0.15) is 0 Å². The van der Waals surface area contributed by atoms with Gasteiger partial charge in [-0.05, 0) is 18.2 Å². The molecule has 5 nitrogen and oxygen atoms in total.